The van der Waals surface area contributed by atoms with Crippen LogP contribution in [0.25, 0.3) is 0 Å². The molecule has 0 aromatic heterocycles. The molecule has 2 heterocycles. The molecular formula is C16H26N2O6. The van der Waals surface area contributed by atoms with Crippen LogP contribution in [-0.4, -0.2) is 60.0 Å². The van der Waals surface area contributed by atoms with Crippen LogP contribution in [0.1, 0.15) is 47.0 Å². The molecule has 2 fully saturated rings. The summed E-state index contributed by atoms with van der Waals surface area (Å²) >= 11 is 0. The minimum Gasteiger partial charge on any atom is -0.444 e. The van der Waals surface area contributed by atoms with Crippen molar-refractivity contribution in [1.82, 2.24) is 10.2 Å². The summed E-state index contributed by atoms with van der Waals surface area (Å²) in [5.41, 5.74) is -0.619. The fourth-order valence-corrected chi connectivity index (χ4v) is 2.83. The van der Waals surface area contributed by atoms with Crippen LogP contribution in [0.5, 0.6) is 0 Å². The number of hydrogen-bond acceptors (Lipinski definition) is 6. The number of esters is 1. The van der Waals surface area contributed by atoms with Crippen molar-refractivity contribution in [2.75, 3.05) is 13.2 Å². The van der Waals surface area contributed by atoms with Crippen LogP contribution >= 0.6 is 0 Å². The van der Waals surface area contributed by atoms with Gasteiger partial charge < -0.3 is 19.5 Å². The fraction of sp³-hybridized carbons (Fsp3) is 0.812. The minimum absolute atomic E-state index is 0.0650. The molecule has 2 saturated heterocycles. The van der Waals surface area contributed by atoms with E-state index in [1.165, 1.54) is 4.90 Å². The van der Waals surface area contributed by atoms with Gasteiger partial charge in [-0.05, 0) is 40.5 Å². The summed E-state index contributed by atoms with van der Waals surface area (Å²) in [6.07, 6.45) is 0.0800. The first kappa shape index (κ1) is 18.5. The molecule has 0 aliphatic carbocycles. The molecule has 0 aromatic rings. The van der Waals surface area contributed by atoms with Crippen LogP contribution in [0.4, 0.5) is 4.79 Å². The van der Waals surface area contributed by atoms with Crippen LogP contribution < -0.4 is 5.32 Å². The fourth-order valence-electron chi connectivity index (χ4n) is 2.83. The molecule has 2 aliphatic rings. The van der Waals surface area contributed by atoms with Gasteiger partial charge in [0.1, 0.15) is 17.7 Å². The van der Waals surface area contributed by atoms with Crippen molar-refractivity contribution in [1.29, 1.82) is 0 Å². The first-order valence-electron chi connectivity index (χ1n) is 8.32. The topological polar surface area (TPSA) is 94.2 Å². The highest BCUT2D eigenvalue weighted by Gasteiger charge is 2.41. The largest absolute Gasteiger partial charge is 0.444 e. The SMILES string of the molecule is CCO[C@@H]1OC(=O)CC1NC(=O)C1CCCN1C(=O)OC(C)(C)C. The van der Waals surface area contributed by atoms with Gasteiger partial charge in [0, 0.05) is 13.2 Å². The van der Waals surface area contributed by atoms with Crippen molar-refractivity contribution in [3.8, 4) is 0 Å². The van der Waals surface area contributed by atoms with Crippen LogP contribution in [0.3, 0.4) is 0 Å². The maximum atomic E-state index is 12.6. The van der Waals surface area contributed by atoms with Gasteiger partial charge in [-0.3, -0.25) is 14.5 Å². The molecule has 3 atom stereocenters. The Morgan fingerprint density at radius 3 is 2.71 bits per heavy atom. The molecule has 24 heavy (non-hydrogen) atoms. The third-order valence-corrected chi connectivity index (χ3v) is 3.80. The predicted octanol–water partition coefficient (Wildman–Crippen LogP) is 1.18. The highest BCUT2D eigenvalue weighted by Crippen LogP contribution is 2.22. The third-order valence-electron chi connectivity index (χ3n) is 3.80. The second kappa shape index (κ2) is 7.38. The summed E-state index contributed by atoms with van der Waals surface area (Å²) in [6, 6.07) is -1.14. The molecule has 0 radical (unpaired) electrons. The second-order valence-electron chi connectivity index (χ2n) is 6.96. The van der Waals surface area contributed by atoms with Gasteiger partial charge in [-0.25, -0.2) is 4.79 Å². The quantitative estimate of drug-likeness (QED) is 0.771. The van der Waals surface area contributed by atoms with E-state index in [0.717, 1.165) is 6.42 Å². The summed E-state index contributed by atoms with van der Waals surface area (Å²) in [5.74, 6) is -0.722. The van der Waals surface area contributed by atoms with E-state index < -0.39 is 36.0 Å². The molecule has 2 unspecified atom stereocenters. The normalized spacial score (nSPS) is 27.1. The lowest BCUT2D eigenvalue weighted by Gasteiger charge is -2.29. The van der Waals surface area contributed by atoms with Gasteiger partial charge in [0.25, 0.3) is 0 Å². The third kappa shape index (κ3) is 4.59. The number of rotatable bonds is 4. The van der Waals surface area contributed by atoms with E-state index in [1.54, 1.807) is 27.7 Å². The molecule has 0 spiro atoms. The van der Waals surface area contributed by atoms with E-state index in [0.29, 0.717) is 19.6 Å². The predicted molar refractivity (Wildman–Crippen MR) is 84.0 cm³/mol. The Morgan fingerprint density at radius 2 is 2.08 bits per heavy atom. The molecule has 136 valence electrons. The Kier molecular flexibility index (Phi) is 5.69. The van der Waals surface area contributed by atoms with Crippen molar-refractivity contribution in [3.05, 3.63) is 0 Å². The van der Waals surface area contributed by atoms with Crippen molar-refractivity contribution in [3.63, 3.8) is 0 Å². The Bertz CT molecular complexity index is 501. The molecule has 1 N–H and O–H groups in total. The van der Waals surface area contributed by atoms with Crippen LogP contribution in [-0.2, 0) is 23.8 Å². The maximum Gasteiger partial charge on any atom is 0.410 e. The Labute approximate surface area is 141 Å². The van der Waals surface area contributed by atoms with Crippen molar-refractivity contribution >= 4 is 18.0 Å². The monoisotopic (exact) mass is 342 g/mol. The standard InChI is InChI=1S/C16H26N2O6/c1-5-22-14-10(9-12(19)23-14)17-13(20)11-7-6-8-18(11)15(21)24-16(2,3)4/h10-11,14H,5-9H2,1-4H3,(H,17,20)/t10?,11?,14-/m1/s1. The zero-order valence-corrected chi connectivity index (χ0v) is 14.7. The number of carbonyl (C=O) groups is 3. The van der Waals surface area contributed by atoms with E-state index in [-0.39, 0.29) is 12.3 Å². The number of carbonyl (C=O) groups excluding carboxylic acids is 3. The zero-order valence-electron chi connectivity index (χ0n) is 14.7. The number of cyclic esters (lactones) is 1. The van der Waals surface area contributed by atoms with E-state index in [2.05, 4.69) is 5.32 Å². The summed E-state index contributed by atoms with van der Waals surface area (Å²) in [6.45, 7) is 7.98. The van der Waals surface area contributed by atoms with Gasteiger partial charge in [0.2, 0.25) is 12.2 Å². The lowest BCUT2D eigenvalue weighted by atomic mass is 10.1. The number of amides is 2. The summed E-state index contributed by atoms with van der Waals surface area (Å²) in [7, 11) is 0. The highest BCUT2D eigenvalue weighted by atomic mass is 16.7. The lowest BCUT2D eigenvalue weighted by Crippen LogP contribution is -2.51. The first-order valence-corrected chi connectivity index (χ1v) is 8.32. The second-order valence-corrected chi connectivity index (χ2v) is 6.96. The number of hydrogen-bond donors (Lipinski definition) is 1. The van der Waals surface area contributed by atoms with Gasteiger partial charge in [-0.15, -0.1) is 0 Å². The minimum atomic E-state index is -0.775. The molecule has 2 amide bonds. The average Bonchev–Trinajstić information content (AvgIpc) is 3.04. The number of ether oxygens (including phenoxy) is 3. The first-order chi connectivity index (χ1) is 11.2. The summed E-state index contributed by atoms with van der Waals surface area (Å²) in [4.78, 5) is 37.7. The Balaban J connectivity index is 1.97. The Morgan fingerprint density at radius 1 is 1.38 bits per heavy atom. The van der Waals surface area contributed by atoms with Gasteiger partial charge in [0.15, 0.2) is 0 Å². The van der Waals surface area contributed by atoms with Gasteiger partial charge in [-0.1, -0.05) is 0 Å². The molecule has 2 rings (SSSR count). The molecule has 0 saturated carbocycles. The van der Waals surface area contributed by atoms with Crippen molar-refractivity contribution < 1.29 is 28.6 Å². The van der Waals surface area contributed by atoms with Crippen LogP contribution in [0.2, 0.25) is 0 Å². The molecule has 8 heteroatoms. The van der Waals surface area contributed by atoms with E-state index >= 15 is 0 Å². The average molecular weight is 342 g/mol. The van der Waals surface area contributed by atoms with Gasteiger partial charge >= 0.3 is 12.1 Å². The number of nitrogens with zero attached hydrogens (tertiary/aromatic N) is 1. The number of nitrogens with one attached hydrogen (secondary N) is 1. The van der Waals surface area contributed by atoms with Crippen molar-refractivity contribution in [2.45, 2.75) is 70.9 Å². The summed E-state index contributed by atoms with van der Waals surface area (Å²) in [5, 5.41) is 2.77. The summed E-state index contributed by atoms with van der Waals surface area (Å²) < 4.78 is 15.7. The maximum absolute atomic E-state index is 12.6. The van der Waals surface area contributed by atoms with E-state index in [9.17, 15) is 14.4 Å². The molecule has 2 aliphatic heterocycles. The molecule has 0 aromatic carbocycles. The number of likely N-dealkylation sites (tertiary alicyclic amines) is 1. The van der Waals surface area contributed by atoms with Crippen LogP contribution in [0, 0.1) is 0 Å². The Hall–Kier alpha value is -1.83. The van der Waals surface area contributed by atoms with Crippen LogP contribution in [0.15, 0.2) is 0 Å². The zero-order chi connectivity index (χ0) is 17.9. The van der Waals surface area contributed by atoms with Crippen molar-refractivity contribution in [2.24, 2.45) is 0 Å². The smallest absolute Gasteiger partial charge is 0.410 e. The van der Waals surface area contributed by atoms with E-state index in [1.807, 2.05) is 0 Å². The van der Waals surface area contributed by atoms with E-state index in [4.69, 9.17) is 14.2 Å². The molecule has 8 nitrogen and oxygen atoms in total. The highest BCUT2D eigenvalue weighted by molar-refractivity contribution is 5.87. The van der Waals surface area contributed by atoms with Gasteiger partial charge in [0.05, 0.1) is 6.42 Å². The molecular weight excluding hydrogens is 316 g/mol. The van der Waals surface area contributed by atoms with Gasteiger partial charge in [-0.2, -0.15) is 0 Å². The lowest BCUT2D eigenvalue weighted by molar-refractivity contribution is -0.164. The molecule has 0 bridgehead atoms.